The summed E-state index contributed by atoms with van der Waals surface area (Å²) < 4.78 is 34.1. The van der Waals surface area contributed by atoms with E-state index < -0.39 is 38.6 Å². The highest BCUT2D eigenvalue weighted by Gasteiger charge is 2.27. The minimum absolute atomic E-state index is 0.00270. The molecule has 0 fully saturated rings. The minimum Gasteiger partial charge on any atom is -0.462 e. The van der Waals surface area contributed by atoms with E-state index in [0.717, 1.165) is 51.4 Å². The van der Waals surface area contributed by atoms with Gasteiger partial charge in [0, 0.05) is 12.8 Å². The zero-order valence-corrected chi connectivity index (χ0v) is 36.8. The molecule has 0 saturated heterocycles. The topological polar surface area (TPSA) is 129 Å². The molecule has 0 aliphatic heterocycles. The fourth-order valence-electron chi connectivity index (χ4n) is 4.84. The van der Waals surface area contributed by atoms with Gasteiger partial charge in [-0.25, -0.2) is 4.57 Å². The first-order valence-corrected chi connectivity index (χ1v) is 22.6. The van der Waals surface area contributed by atoms with Crippen molar-refractivity contribution in [1.82, 2.24) is 0 Å². The third-order valence-corrected chi connectivity index (χ3v) is 9.16. The predicted molar refractivity (Wildman–Crippen MR) is 234 cm³/mol. The number of aliphatic hydroxyl groups excluding tert-OH is 1. The van der Waals surface area contributed by atoms with Crippen molar-refractivity contribution in [3.8, 4) is 0 Å². The van der Waals surface area contributed by atoms with Crippen LogP contribution in [0.3, 0.4) is 0 Å². The lowest BCUT2D eigenvalue weighted by molar-refractivity contribution is -0.870. The highest BCUT2D eigenvalue weighted by molar-refractivity contribution is 7.47. The van der Waals surface area contributed by atoms with Gasteiger partial charge >= 0.3 is 19.8 Å². The Morgan fingerprint density at radius 3 is 1.79 bits per heavy atom. The SMILES string of the molecule is CC/C=C\C(O)C/C=C/C=C\C/C=C\C/C=C\CCCC(=O)OC[C@H](COP(=O)(O)OCC[N+](C)(C)C)OC(=O)CCCC/C=C\C/C=C\C/C=C\CCCCC. The van der Waals surface area contributed by atoms with Crippen LogP contribution in [0.4, 0.5) is 0 Å². The molecule has 0 amide bonds. The van der Waals surface area contributed by atoms with Crippen LogP contribution < -0.4 is 0 Å². The summed E-state index contributed by atoms with van der Waals surface area (Å²) in [5.74, 6) is -0.948. The second kappa shape index (κ2) is 37.2. The fourth-order valence-corrected chi connectivity index (χ4v) is 5.58. The normalized spacial score (nSPS) is 15.1. The largest absolute Gasteiger partial charge is 0.472 e. The summed E-state index contributed by atoms with van der Waals surface area (Å²) in [4.78, 5) is 35.3. The monoisotopic (exact) mass is 819 g/mol. The van der Waals surface area contributed by atoms with Crippen LogP contribution in [0.1, 0.15) is 123 Å². The number of allylic oxidation sites excluding steroid dienone is 14. The van der Waals surface area contributed by atoms with Gasteiger partial charge < -0.3 is 24.0 Å². The number of esters is 2. The lowest BCUT2D eigenvalue weighted by Crippen LogP contribution is -2.37. The van der Waals surface area contributed by atoms with Gasteiger partial charge in [0.25, 0.3) is 0 Å². The van der Waals surface area contributed by atoms with Gasteiger partial charge in [0.2, 0.25) is 0 Å². The maximum atomic E-state index is 12.7. The van der Waals surface area contributed by atoms with Gasteiger partial charge in [-0.15, -0.1) is 0 Å². The Labute approximate surface area is 346 Å². The number of nitrogens with zero attached hydrogens (tertiary/aromatic N) is 1. The second-order valence-corrected chi connectivity index (χ2v) is 16.3. The summed E-state index contributed by atoms with van der Waals surface area (Å²) in [5, 5.41) is 9.77. The van der Waals surface area contributed by atoms with Gasteiger partial charge in [-0.2, -0.15) is 0 Å². The van der Waals surface area contributed by atoms with Crippen molar-refractivity contribution >= 4 is 19.8 Å². The molecule has 0 bridgehead atoms. The molecule has 0 aromatic carbocycles. The molecule has 0 aromatic heterocycles. The first-order chi connectivity index (χ1) is 27.4. The summed E-state index contributed by atoms with van der Waals surface area (Å²) >= 11 is 0. The number of phosphoric ester groups is 1. The molecule has 0 saturated carbocycles. The molecule has 57 heavy (non-hydrogen) atoms. The number of ether oxygens (including phenoxy) is 2. The van der Waals surface area contributed by atoms with E-state index in [1.807, 2.05) is 76.7 Å². The number of carbonyl (C=O) groups is 2. The number of hydrogen-bond acceptors (Lipinski definition) is 8. The summed E-state index contributed by atoms with van der Waals surface area (Å²) in [6, 6.07) is 0. The molecule has 2 N–H and O–H groups in total. The van der Waals surface area contributed by atoms with Crippen LogP contribution in [0.2, 0.25) is 0 Å². The number of unbranched alkanes of at least 4 members (excludes halogenated alkanes) is 6. The molecule has 324 valence electrons. The molecule has 0 spiro atoms. The van der Waals surface area contributed by atoms with Crippen molar-refractivity contribution < 1.29 is 47.2 Å². The van der Waals surface area contributed by atoms with E-state index in [1.54, 1.807) is 0 Å². The number of likely N-dealkylation sites (N-methyl/N-ethyl adjacent to an activating group) is 1. The zero-order chi connectivity index (χ0) is 42.3. The molecule has 2 unspecified atom stereocenters. The van der Waals surface area contributed by atoms with Crippen LogP contribution in [-0.2, 0) is 32.7 Å². The lowest BCUT2D eigenvalue weighted by Gasteiger charge is -2.24. The Balaban J connectivity index is 4.60. The predicted octanol–water partition coefficient (Wildman–Crippen LogP) is 10.8. The van der Waals surface area contributed by atoms with Crippen LogP contribution in [-0.4, -0.2) is 86.1 Å². The number of phosphoric acid groups is 1. The van der Waals surface area contributed by atoms with Crippen molar-refractivity contribution in [2.45, 2.75) is 135 Å². The Morgan fingerprint density at radius 1 is 0.649 bits per heavy atom. The van der Waals surface area contributed by atoms with E-state index in [0.29, 0.717) is 36.7 Å². The fraction of sp³-hybridized carbons (Fsp3) is 0.609. The van der Waals surface area contributed by atoms with Gasteiger partial charge in [0.15, 0.2) is 6.10 Å². The van der Waals surface area contributed by atoms with Gasteiger partial charge in [0.1, 0.15) is 19.8 Å². The summed E-state index contributed by atoms with van der Waals surface area (Å²) in [6.45, 7) is 3.99. The first-order valence-electron chi connectivity index (χ1n) is 21.1. The van der Waals surface area contributed by atoms with E-state index in [1.165, 1.54) is 19.3 Å². The van der Waals surface area contributed by atoms with E-state index >= 15 is 0 Å². The molecule has 0 aromatic rings. The Bertz CT molecular complexity index is 1310. The highest BCUT2D eigenvalue weighted by Crippen LogP contribution is 2.43. The molecule has 0 aliphatic carbocycles. The van der Waals surface area contributed by atoms with Crippen LogP contribution in [0.25, 0.3) is 0 Å². The van der Waals surface area contributed by atoms with Crippen molar-refractivity contribution in [2.24, 2.45) is 0 Å². The molecule has 0 radical (unpaired) electrons. The van der Waals surface area contributed by atoms with Gasteiger partial charge in [-0.05, 0) is 83.5 Å². The standard InChI is InChI=1S/C46H76NO9P/c1-6-8-10-11-12-13-14-15-16-17-22-25-28-31-34-38-46(50)56-44(42-55-57(51,52)54-40-39-47(3,4)5)41-53-45(49)37-33-30-27-24-21-19-18-20-23-26-29-32-36-43(48)35-9-7-2/h9,12-13,15-16,18-19,22-27,29,32,35,43-44,48H,6-8,10-11,14,17,20-21,28,30-31,33-34,36-42H2,1-5H3/p+1/b13-12-,16-15-,19-18-,25-22-,26-23-,27-24-,32-29+,35-9-/t43?,44-/m1/s1. The maximum absolute atomic E-state index is 12.7. The average Bonchev–Trinajstić information content (AvgIpc) is 3.16. The second-order valence-electron chi connectivity index (χ2n) is 14.8. The zero-order valence-electron chi connectivity index (χ0n) is 35.9. The third-order valence-electron chi connectivity index (χ3n) is 8.17. The minimum atomic E-state index is -4.41. The first kappa shape index (κ1) is 53.9. The summed E-state index contributed by atoms with van der Waals surface area (Å²) in [6.07, 6.45) is 45.2. The summed E-state index contributed by atoms with van der Waals surface area (Å²) in [7, 11) is 1.38. The number of aliphatic hydroxyl groups is 1. The van der Waals surface area contributed by atoms with Crippen molar-refractivity contribution in [3.63, 3.8) is 0 Å². The van der Waals surface area contributed by atoms with E-state index in [9.17, 15) is 24.2 Å². The molecular weight excluding hydrogens is 741 g/mol. The molecule has 10 nitrogen and oxygen atoms in total. The Kier molecular flexibility index (Phi) is 35.2. The molecule has 3 atom stereocenters. The average molecular weight is 819 g/mol. The van der Waals surface area contributed by atoms with Gasteiger partial charge in [-0.3, -0.25) is 18.6 Å². The van der Waals surface area contributed by atoms with Gasteiger partial charge in [-0.1, -0.05) is 124 Å². The number of carbonyl (C=O) groups excluding carboxylic acids is 2. The Morgan fingerprint density at radius 2 is 1.19 bits per heavy atom. The van der Waals surface area contributed by atoms with E-state index in [-0.39, 0.29) is 26.1 Å². The van der Waals surface area contributed by atoms with Gasteiger partial charge in [0.05, 0.1) is 33.9 Å². The molecule has 11 heteroatoms. The maximum Gasteiger partial charge on any atom is 0.472 e. The molecule has 0 aliphatic rings. The van der Waals surface area contributed by atoms with Crippen molar-refractivity contribution in [3.05, 3.63) is 97.2 Å². The quantitative estimate of drug-likeness (QED) is 0.0159. The molecule has 0 heterocycles. The number of rotatable bonds is 36. The Hall–Kier alpha value is -3.11. The van der Waals surface area contributed by atoms with E-state index in [2.05, 4.69) is 55.5 Å². The molecule has 0 rings (SSSR count). The van der Waals surface area contributed by atoms with Crippen molar-refractivity contribution in [2.75, 3.05) is 47.5 Å². The van der Waals surface area contributed by atoms with Crippen LogP contribution in [0.15, 0.2) is 97.2 Å². The molecular formula is C46H77NO9P+. The van der Waals surface area contributed by atoms with E-state index in [4.69, 9.17) is 18.5 Å². The van der Waals surface area contributed by atoms with Crippen LogP contribution >= 0.6 is 7.82 Å². The van der Waals surface area contributed by atoms with Crippen LogP contribution in [0, 0.1) is 0 Å². The highest BCUT2D eigenvalue weighted by atomic mass is 31.2. The van der Waals surface area contributed by atoms with Crippen LogP contribution in [0.5, 0.6) is 0 Å². The smallest absolute Gasteiger partial charge is 0.462 e. The lowest BCUT2D eigenvalue weighted by atomic mass is 10.1. The van der Waals surface area contributed by atoms with Crippen molar-refractivity contribution in [1.29, 1.82) is 0 Å². The number of quaternary nitrogens is 1. The summed E-state index contributed by atoms with van der Waals surface area (Å²) in [5.41, 5.74) is 0. The third kappa shape index (κ3) is 40.9. The number of hydrogen-bond donors (Lipinski definition) is 2.